The van der Waals surface area contributed by atoms with Crippen LogP contribution < -0.4 is 0 Å². The smallest absolute Gasteiger partial charge is 0.303 e. The molecule has 0 aliphatic heterocycles. The van der Waals surface area contributed by atoms with E-state index in [1.165, 1.54) is 0 Å². The number of aliphatic hydroxyl groups excluding tert-OH is 1. The number of hydrogen-bond donors (Lipinski definition) is 2. The zero-order chi connectivity index (χ0) is 9.40. The van der Waals surface area contributed by atoms with Crippen LogP contribution in [0, 0.1) is 5.92 Å². The van der Waals surface area contributed by atoms with Gasteiger partial charge in [0.05, 0.1) is 0 Å². The molecule has 1 atom stereocenters. The number of rotatable bonds is 7. The van der Waals surface area contributed by atoms with E-state index in [2.05, 4.69) is 6.92 Å². The molecule has 0 rings (SSSR count). The van der Waals surface area contributed by atoms with Crippen LogP contribution in [0.25, 0.3) is 0 Å². The van der Waals surface area contributed by atoms with E-state index in [-0.39, 0.29) is 13.0 Å². The van der Waals surface area contributed by atoms with Gasteiger partial charge in [0.2, 0.25) is 0 Å². The molecule has 3 heteroatoms. The van der Waals surface area contributed by atoms with Crippen molar-refractivity contribution in [2.45, 2.75) is 39.0 Å². The molecule has 2 N–H and O–H groups in total. The molecule has 0 amide bonds. The molecule has 1 unspecified atom stereocenters. The highest BCUT2D eigenvalue weighted by molar-refractivity contribution is 5.66. The molecule has 0 radical (unpaired) electrons. The van der Waals surface area contributed by atoms with Crippen LogP contribution in [0.2, 0.25) is 0 Å². The van der Waals surface area contributed by atoms with Crippen LogP contribution in [-0.4, -0.2) is 22.8 Å². The third-order valence-electron chi connectivity index (χ3n) is 2.11. The van der Waals surface area contributed by atoms with Gasteiger partial charge in [-0.25, -0.2) is 0 Å². The van der Waals surface area contributed by atoms with Gasteiger partial charge in [-0.15, -0.1) is 0 Å². The number of hydrogen-bond acceptors (Lipinski definition) is 2. The molecule has 0 aromatic heterocycles. The Morgan fingerprint density at radius 1 is 1.42 bits per heavy atom. The van der Waals surface area contributed by atoms with Crippen LogP contribution >= 0.6 is 0 Å². The molecule has 0 saturated heterocycles. The summed E-state index contributed by atoms with van der Waals surface area (Å²) < 4.78 is 0. The molecule has 3 nitrogen and oxygen atoms in total. The molecule has 0 spiro atoms. The lowest BCUT2D eigenvalue weighted by molar-refractivity contribution is -0.137. The fourth-order valence-electron chi connectivity index (χ4n) is 1.26. The van der Waals surface area contributed by atoms with Gasteiger partial charge < -0.3 is 10.2 Å². The third-order valence-corrected chi connectivity index (χ3v) is 2.11. The molecule has 0 saturated carbocycles. The summed E-state index contributed by atoms with van der Waals surface area (Å²) in [4.78, 5) is 10.2. The minimum absolute atomic E-state index is 0.212. The zero-order valence-electron chi connectivity index (χ0n) is 7.62. The summed E-state index contributed by atoms with van der Waals surface area (Å²) in [6.45, 7) is 2.27. The second-order valence-corrected chi connectivity index (χ2v) is 3.07. The first-order chi connectivity index (χ1) is 5.70. The Bertz CT molecular complexity index is 123. The lowest BCUT2D eigenvalue weighted by Crippen LogP contribution is -2.04. The van der Waals surface area contributed by atoms with Crippen molar-refractivity contribution >= 4 is 5.97 Å². The summed E-state index contributed by atoms with van der Waals surface area (Å²) >= 11 is 0. The summed E-state index contributed by atoms with van der Waals surface area (Å²) in [5.41, 5.74) is 0. The number of carboxylic acids is 1. The van der Waals surface area contributed by atoms with Crippen molar-refractivity contribution < 1.29 is 15.0 Å². The molecule has 0 bridgehead atoms. The maximum atomic E-state index is 10.2. The van der Waals surface area contributed by atoms with Gasteiger partial charge in [0.25, 0.3) is 0 Å². The first-order valence-corrected chi connectivity index (χ1v) is 4.53. The van der Waals surface area contributed by atoms with Crippen molar-refractivity contribution in [3.8, 4) is 0 Å². The minimum atomic E-state index is -0.725. The second kappa shape index (κ2) is 7.10. The topological polar surface area (TPSA) is 57.5 Å². The van der Waals surface area contributed by atoms with Gasteiger partial charge in [-0.2, -0.15) is 0 Å². The zero-order valence-corrected chi connectivity index (χ0v) is 7.62. The molecule has 0 aromatic rings. The average molecular weight is 174 g/mol. The first kappa shape index (κ1) is 11.4. The summed E-state index contributed by atoms with van der Waals surface area (Å²) in [5.74, 6) is -0.259. The van der Waals surface area contributed by atoms with Gasteiger partial charge in [-0.1, -0.05) is 13.3 Å². The molecule has 0 aliphatic rings. The molecule has 12 heavy (non-hydrogen) atoms. The highest BCUT2D eigenvalue weighted by atomic mass is 16.4. The highest BCUT2D eigenvalue weighted by Crippen LogP contribution is 2.16. The molecular weight excluding hydrogens is 156 g/mol. The normalized spacial score (nSPS) is 12.8. The molecule has 0 aromatic carbocycles. The highest BCUT2D eigenvalue weighted by Gasteiger charge is 2.07. The minimum Gasteiger partial charge on any atom is -0.481 e. The molecule has 72 valence electrons. The standard InChI is InChI=1S/C9H18O3/c1-2-8(4-3-7-10)5-6-9(11)12/h8,10H,2-7H2,1H3,(H,11,12). The van der Waals surface area contributed by atoms with Crippen molar-refractivity contribution in [3.63, 3.8) is 0 Å². The largest absolute Gasteiger partial charge is 0.481 e. The Labute approximate surface area is 73.4 Å². The molecular formula is C9H18O3. The SMILES string of the molecule is CCC(CCCO)CCC(=O)O. The molecule has 0 fully saturated rings. The van der Waals surface area contributed by atoms with Crippen molar-refractivity contribution in [2.75, 3.05) is 6.61 Å². The first-order valence-electron chi connectivity index (χ1n) is 4.53. The quantitative estimate of drug-likeness (QED) is 0.617. The van der Waals surface area contributed by atoms with E-state index in [4.69, 9.17) is 10.2 Å². The molecule has 0 heterocycles. The van der Waals surface area contributed by atoms with Gasteiger partial charge in [-0.3, -0.25) is 4.79 Å². The summed E-state index contributed by atoms with van der Waals surface area (Å²) in [7, 11) is 0. The van der Waals surface area contributed by atoms with Crippen LogP contribution in [0.1, 0.15) is 39.0 Å². The van der Waals surface area contributed by atoms with Crippen molar-refractivity contribution in [3.05, 3.63) is 0 Å². The van der Waals surface area contributed by atoms with Crippen LogP contribution in [0.15, 0.2) is 0 Å². The molecule has 0 aliphatic carbocycles. The van der Waals surface area contributed by atoms with Crippen LogP contribution in [0.4, 0.5) is 0 Å². The predicted octanol–water partition coefficient (Wildman–Crippen LogP) is 1.65. The van der Waals surface area contributed by atoms with Gasteiger partial charge >= 0.3 is 5.97 Å². The van der Waals surface area contributed by atoms with E-state index in [0.717, 1.165) is 25.7 Å². The maximum absolute atomic E-state index is 10.2. The number of aliphatic hydroxyl groups is 1. The van der Waals surface area contributed by atoms with E-state index in [9.17, 15) is 4.79 Å². The Kier molecular flexibility index (Phi) is 6.76. The summed E-state index contributed by atoms with van der Waals surface area (Å²) in [6.07, 6.45) is 3.74. The predicted molar refractivity (Wildman–Crippen MR) is 47.0 cm³/mol. The Balaban J connectivity index is 3.45. The summed E-state index contributed by atoms with van der Waals surface area (Å²) in [6, 6.07) is 0. The van der Waals surface area contributed by atoms with E-state index in [1.54, 1.807) is 0 Å². The van der Waals surface area contributed by atoms with Crippen LogP contribution in [-0.2, 0) is 4.79 Å². The van der Waals surface area contributed by atoms with Crippen molar-refractivity contribution in [1.82, 2.24) is 0 Å². The van der Waals surface area contributed by atoms with Crippen molar-refractivity contribution in [2.24, 2.45) is 5.92 Å². The second-order valence-electron chi connectivity index (χ2n) is 3.07. The van der Waals surface area contributed by atoms with Crippen LogP contribution in [0.3, 0.4) is 0 Å². The third kappa shape index (κ3) is 6.16. The van der Waals surface area contributed by atoms with Gasteiger partial charge in [0.1, 0.15) is 0 Å². The average Bonchev–Trinajstić information content (AvgIpc) is 2.05. The fourth-order valence-corrected chi connectivity index (χ4v) is 1.26. The van der Waals surface area contributed by atoms with Crippen LogP contribution in [0.5, 0.6) is 0 Å². The van der Waals surface area contributed by atoms with E-state index < -0.39 is 5.97 Å². The Morgan fingerprint density at radius 2 is 2.08 bits per heavy atom. The van der Waals surface area contributed by atoms with Gasteiger partial charge in [0, 0.05) is 13.0 Å². The van der Waals surface area contributed by atoms with E-state index >= 15 is 0 Å². The maximum Gasteiger partial charge on any atom is 0.303 e. The van der Waals surface area contributed by atoms with E-state index in [1.807, 2.05) is 0 Å². The lowest BCUT2D eigenvalue weighted by atomic mass is 9.95. The van der Waals surface area contributed by atoms with Gasteiger partial charge in [-0.05, 0) is 25.2 Å². The monoisotopic (exact) mass is 174 g/mol. The number of carbonyl (C=O) groups is 1. The fraction of sp³-hybridized carbons (Fsp3) is 0.889. The number of carboxylic acid groups (broad SMARTS) is 1. The Morgan fingerprint density at radius 3 is 2.50 bits per heavy atom. The summed E-state index contributed by atoms with van der Waals surface area (Å²) in [5, 5.41) is 17.0. The van der Waals surface area contributed by atoms with Gasteiger partial charge in [0.15, 0.2) is 0 Å². The van der Waals surface area contributed by atoms with Crippen molar-refractivity contribution in [1.29, 1.82) is 0 Å². The Hall–Kier alpha value is -0.570. The lowest BCUT2D eigenvalue weighted by Gasteiger charge is -2.11. The number of aliphatic carboxylic acids is 1. The van der Waals surface area contributed by atoms with E-state index in [0.29, 0.717) is 5.92 Å².